The smallest absolute Gasteiger partial charge is 0.273 e. The van der Waals surface area contributed by atoms with Gasteiger partial charge in [-0.05, 0) is 124 Å². The maximum Gasteiger partial charge on any atom is 0.273 e. The van der Waals surface area contributed by atoms with E-state index in [0.29, 0.717) is 24.3 Å². The second-order valence-corrected chi connectivity index (χ2v) is 19.2. The predicted molar refractivity (Wildman–Crippen MR) is 263 cm³/mol. The molecule has 10 aromatic rings. The van der Waals surface area contributed by atoms with Crippen LogP contribution in [0.15, 0.2) is 152 Å². The van der Waals surface area contributed by atoms with Crippen LogP contribution in [0.4, 0.5) is 8.78 Å². The van der Waals surface area contributed by atoms with Crippen molar-refractivity contribution < 1.29 is 39.2 Å². The van der Waals surface area contributed by atoms with Crippen LogP contribution in [-0.2, 0) is 51.7 Å². The Balaban J connectivity index is 0.00000507. The van der Waals surface area contributed by atoms with Crippen LogP contribution in [0.5, 0.6) is 11.5 Å². The van der Waals surface area contributed by atoms with E-state index in [9.17, 15) is 0 Å². The first-order valence-corrected chi connectivity index (χ1v) is 23.4. The summed E-state index contributed by atoms with van der Waals surface area (Å²) in [5.41, 5.74) is 13.8. The molecule has 12 rings (SSSR count). The number of halogens is 2. The normalized spacial score (nSPS) is 14.4. The van der Waals surface area contributed by atoms with Crippen molar-refractivity contribution in [2.24, 2.45) is 0 Å². The minimum atomic E-state index is -2.88. The Bertz CT molecular complexity index is 3580. The molecular formula is C60H48F2N4OPt-2. The standard InChI is InChI=1S/C60H48F2N4O.Pt/c1-59(2,3)44-30-32-63-57(35-44)66-53-21-7-6-18-50(53)51-29-28-47(37-56(51)66)67-46-17-10-16-45(36-46)64-38-65(55-23-9-8-22-54(55)64)58-48(42-26-24-39-13-4-5-14-41(39)33-42)19-11-20-49(58)43-27-25-40-15-12-31-60(61,62)52(40)34-43;/h6-11,16-30,32-35H,4-5,12-15,31H2,1-3H3;/q-2;. The summed E-state index contributed by atoms with van der Waals surface area (Å²) in [6, 6.07) is 56.6. The third kappa shape index (κ3) is 7.65. The largest absolute Gasteiger partial charge is 0.510 e. The van der Waals surface area contributed by atoms with Crippen molar-refractivity contribution in [2.45, 2.75) is 77.1 Å². The molecule has 0 amide bonds. The summed E-state index contributed by atoms with van der Waals surface area (Å²) < 4.78 is 44.1. The fourth-order valence-electron chi connectivity index (χ4n) is 10.4. The molecule has 7 aromatic carbocycles. The first-order valence-electron chi connectivity index (χ1n) is 23.4. The van der Waals surface area contributed by atoms with E-state index in [2.05, 4.69) is 133 Å². The minimum absolute atomic E-state index is 0. The van der Waals surface area contributed by atoms with Crippen LogP contribution < -0.4 is 9.30 Å². The number of hydrogen-bond acceptors (Lipinski definition) is 2. The van der Waals surface area contributed by atoms with E-state index in [1.807, 2.05) is 65.4 Å². The summed E-state index contributed by atoms with van der Waals surface area (Å²) in [6.45, 7) is 6.63. The molecule has 0 atom stereocenters. The molecule has 0 saturated heterocycles. The number of pyridine rings is 1. The molecular weight excluding hydrogens is 1030 g/mol. The molecule has 0 N–H and O–H groups in total. The van der Waals surface area contributed by atoms with Gasteiger partial charge in [0.1, 0.15) is 5.82 Å². The zero-order valence-electron chi connectivity index (χ0n) is 38.2. The van der Waals surface area contributed by atoms with Gasteiger partial charge in [-0.15, -0.1) is 29.7 Å². The Morgan fingerprint density at radius 1 is 0.647 bits per heavy atom. The summed E-state index contributed by atoms with van der Waals surface area (Å²) in [5.74, 6) is -0.987. The fourth-order valence-corrected chi connectivity index (χ4v) is 10.4. The predicted octanol–water partition coefficient (Wildman–Crippen LogP) is 14.5. The number of alkyl halides is 2. The van der Waals surface area contributed by atoms with E-state index >= 15 is 8.78 Å². The molecule has 340 valence electrons. The number of fused-ring (bicyclic) bond motifs is 6. The third-order valence-electron chi connectivity index (χ3n) is 13.8. The molecule has 0 bridgehead atoms. The van der Waals surface area contributed by atoms with Gasteiger partial charge in [0.05, 0.1) is 16.7 Å². The molecule has 2 aliphatic carbocycles. The minimum Gasteiger partial charge on any atom is -0.510 e. The van der Waals surface area contributed by atoms with E-state index in [4.69, 9.17) is 9.72 Å². The number of ether oxygens (including phenoxy) is 1. The summed E-state index contributed by atoms with van der Waals surface area (Å²) >= 11 is 0. The van der Waals surface area contributed by atoms with E-state index in [1.165, 1.54) is 29.5 Å². The van der Waals surface area contributed by atoms with Crippen LogP contribution in [-0.4, -0.2) is 14.1 Å². The van der Waals surface area contributed by atoms with Crippen molar-refractivity contribution in [3.63, 3.8) is 0 Å². The van der Waals surface area contributed by atoms with Gasteiger partial charge in [0.25, 0.3) is 12.2 Å². The van der Waals surface area contributed by atoms with Gasteiger partial charge in [0.15, 0.2) is 0 Å². The van der Waals surface area contributed by atoms with Gasteiger partial charge in [-0.1, -0.05) is 117 Å². The Morgan fingerprint density at radius 3 is 2.18 bits per heavy atom. The number of nitrogens with zero attached hydrogens (tertiary/aromatic N) is 4. The molecule has 68 heavy (non-hydrogen) atoms. The number of imidazole rings is 1. The third-order valence-corrected chi connectivity index (χ3v) is 13.8. The average molecular weight is 1070 g/mol. The van der Waals surface area contributed by atoms with E-state index in [-0.39, 0.29) is 38.5 Å². The average Bonchev–Trinajstić information content (AvgIpc) is 3.89. The maximum atomic E-state index is 15.6. The fraction of sp³-hybridized carbons (Fsp3) is 0.200. The van der Waals surface area contributed by atoms with Crippen LogP contribution in [0.25, 0.3) is 72.3 Å². The van der Waals surface area contributed by atoms with Crippen molar-refractivity contribution in [3.05, 3.63) is 198 Å². The second kappa shape index (κ2) is 17.1. The molecule has 0 unspecified atom stereocenters. The van der Waals surface area contributed by atoms with E-state index in [0.717, 1.165) is 90.7 Å². The SMILES string of the molecule is CC(C)(C)c1ccnc(-n2c3[c-]c(Oc4[c-]c(-n5[c-][n+](-c6c(-c7ccc8c(c7)CCCC8)cccc6-c6ccc7c(c6)C(F)(F)CCC7)c6ccccc65)ccc4)ccc3c3ccccc32)c1.[Pt]. The number of aromatic nitrogens is 4. The molecule has 5 nitrogen and oxygen atoms in total. The first kappa shape index (κ1) is 43.9. The molecule has 3 heterocycles. The van der Waals surface area contributed by atoms with Gasteiger partial charge in [-0.3, -0.25) is 4.57 Å². The van der Waals surface area contributed by atoms with Gasteiger partial charge in [0.2, 0.25) is 0 Å². The number of para-hydroxylation sites is 4. The zero-order valence-corrected chi connectivity index (χ0v) is 40.4. The topological polar surface area (TPSA) is 35.9 Å². The van der Waals surface area contributed by atoms with Gasteiger partial charge in [-0.25, -0.2) is 13.8 Å². The van der Waals surface area contributed by atoms with Crippen molar-refractivity contribution in [2.75, 3.05) is 0 Å². The Morgan fingerprint density at radius 2 is 1.35 bits per heavy atom. The van der Waals surface area contributed by atoms with E-state index < -0.39 is 5.92 Å². The van der Waals surface area contributed by atoms with Gasteiger partial charge < -0.3 is 13.9 Å². The van der Waals surface area contributed by atoms with Crippen LogP contribution in [0.2, 0.25) is 0 Å². The van der Waals surface area contributed by atoms with Crippen molar-refractivity contribution in [1.82, 2.24) is 14.1 Å². The van der Waals surface area contributed by atoms with Crippen molar-refractivity contribution in [1.29, 1.82) is 0 Å². The Labute approximate surface area is 410 Å². The molecule has 3 aromatic heterocycles. The monoisotopic (exact) mass is 1070 g/mol. The molecule has 0 aliphatic heterocycles. The summed E-state index contributed by atoms with van der Waals surface area (Å²) in [5, 5.41) is 2.17. The summed E-state index contributed by atoms with van der Waals surface area (Å²) in [6.07, 6.45) is 11.1. The van der Waals surface area contributed by atoms with Crippen LogP contribution in [0, 0.1) is 18.5 Å². The summed E-state index contributed by atoms with van der Waals surface area (Å²) in [4.78, 5) is 4.85. The Hall–Kier alpha value is -6.69. The van der Waals surface area contributed by atoms with Gasteiger partial charge >= 0.3 is 0 Å². The molecule has 8 heteroatoms. The molecule has 0 fully saturated rings. The number of aryl methyl sites for hydroxylation is 3. The summed E-state index contributed by atoms with van der Waals surface area (Å²) in [7, 11) is 0. The molecule has 0 spiro atoms. The number of benzene rings is 7. The Kier molecular flexibility index (Phi) is 11.0. The van der Waals surface area contributed by atoms with Gasteiger partial charge in [0, 0.05) is 56.3 Å². The van der Waals surface area contributed by atoms with Crippen LogP contribution in [0.1, 0.15) is 74.3 Å². The van der Waals surface area contributed by atoms with Crippen LogP contribution in [0.3, 0.4) is 0 Å². The zero-order chi connectivity index (χ0) is 45.4. The van der Waals surface area contributed by atoms with E-state index in [1.54, 1.807) is 6.07 Å². The van der Waals surface area contributed by atoms with Crippen molar-refractivity contribution >= 4 is 32.8 Å². The number of hydrogen-bond donors (Lipinski definition) is 0. The first-order chi connectivity index (χ1) is 32.6. The molecule has 0 saturated carbocycles. The van der Waals surface area contributed by atoms with Gasteiger partial charge in [-0.2, -0.15) is 18.2 Å². The van der Waals surface area contributed by atoms with Crippen LogP contribution >= 0.6 is 0 Å². The van der Waals surface area contributed by atoms with Crippen molar-refractivity contribution in [3.8, 4) is 50.9 Å². The number of rotatable bonds is 7. The quantitative estimate of drug-likeness (QED) is 0.118. The molecule has 0 radical (unpaired) electrons. The maximum absolute atomic E-state index is 15.6. The second-order valence-electron chi connectivity index (χ2n) is 19.2. The molecule has 2 aliphatic rings.